The van der Waals surface area contributed by atoms with E-state index in [0.29, 0.717) is 98.4 Å². The predicted octanol–water partition coefficient (Wildman–Crippen LogP) is -4.43. The van der Waals surface area contributed by atoms with Gasteiger partial charge in [-0.15, -0.1) is 43.7 Å². The molecule has 0 N–H and O–H groups in total. The quantitative estimate of drug-likeness (QED) is 0.129. The Morgan fingerprint density at radius 3 is 0.899 bits per heavy atom. The molecule has 32 radical (unpaired) electrons. The summed E-state index contributed by atoms with van der Waals surface area (Å²) in [6, 6.07) is 30.2. The van der Waals surface area contributed by atoms with Crippen molar-refractivity contribution in [1.82, 2.24) is 0 Å². The van der Waals surface area contributed by atoms with Crippen molar-refractivity contribution in [2.45, 2.75) is 0 Å². The lowest BCUT2D eigenvalue weighted by molar-refractivity contribution is 0.669. The van der Waals surface area contributed by atoms with Crippen LogP contribution in [0, 0.1) is 0 Å². The van der Waals surface area contributed by atoms with Gasteiger partial charge in [-0.2, -0.15) is 0 Å². The summed E-state index contributed by atoms with van der Waals surface area (Å²) >= 11 is 0. The molecular formula is C52H16B16O. The second-order valence-corrected chi connectivity index (χ2v) is 17.3. The second-order valence-electron chi connectivity index (χ2n) is 17.3. The van der Waals surface area contributed by atoms with Crippen LogP contribution in [0.5, 0.6) is 0 Å². The van der Waals surface area contributed by atoms with Gasteiger partial charge in [0, 0.05) is 10.8 Å². The van der Waals surface area contributed by atoms with Crippen molar-refractivity contribution in [1.29, 1.82) is 0 Å². The first-order valence-electron chi connectivity index (χ1n) is 21.6. The number of rotatable bonds is 4. The van der Waals surface area contributed by atoms with E-state index in [9.17, 15) is 0 Å². The minimum Gasteiger partial charge on any atom is -0.456 e. The third-order valence-corrected chi connectivity index (χ3v) is 13.8. The Morgan fingerprint density at radius 2 is 0.551 bits per heavy atom. The highest BCUT2D eigenvalue weighted by molar-refractivity contribution is 6.73. The average Bonchev–Trinajstić information content (AvgIpc) is 3.75. The highest BCUT2D eigenvalue weighted by Crippen LogP contribution is 2.47. The largest absolute Gasteiger partial charge is 0.456 e. The van der Waals surface area contributed by atoms with Gasteiger partial charge in [0.25, 0.3) is 0 Å². The maximum absolute atomic E-state index is 7.12. The fourth-order valence-corrected chi connectivity index (χ4v) is 10.4. The van der Waals surface area contributed by atoms with Crippen LogP contribution < -0.4 is 87.4 Å². The Labute approximate surface area is 421 Å². The van der Waals surface area contributed by atoms with Crippen molar-refractivity contribution in [2.75, 3.05) is 0 Å². The molecule has 10 aromatic carbocycles. The summed E-state index contributed by atoms with van der Waals surface area (Å²) in [7, 11) is 110. The van der Waals surface area contributed by atoms with Gasteiger partial charge in [0.2, 0.25) is 0 Å². The van der Waals surface area contributed by atoms with Crippen LogP contribution in [0.25, 0.3) is 110 Å². The van der Waals surface area contributed by atoms with Gasteiger partial charge in [0.15, 0.2) is 0 Å². The van der Waals surface area contributed by atoms with Gasteiger partial charge in [0.05, 0.1) is 0 Å². The van der Waals surface area contributed by atoms with Gasteiger partial charge in [-0.25, -0.2) is 0 Å². The minimum atomic E-state index is 0.0762. The first-order valence-corrected chi connectivity index (χ1v) is 21.6. The van der Waals surface area contributed by atoms with Crippen molar-refractivity contribution in [2.24, 2.45) is 0 Å². The summed E-state index contributed by atoms with van der Waals surface area (Å²) in [5.41, 5.74) is 7.81. The smallest absolute Gasteiger partial charge is 0.136 e. The number of hydrogen-bond donors (Lipinski definition) is 0. The fraction of sp³-hybridized carbons (Fsp3) is 0. The summed E-state index contributed by atoms with van der Waals surface area (Å²) in [6.45, 7) is 0. The van der Waals surface area contributed by atoms with Gasteiger partial charge in [-0.05, 0) is 106 Å². The second kappa shape index (κ2) is 16.3. The van der Waals surface area contributed by atoms with Gasteiger partial charge in [-0.3, -0.25) is 0 Å². The molecule has 0 saturated heterocycles. The van der Waals surface area contributed by atoms with Crippen LogP contribution in [-0.2, 0) is 0 Å². The molecule has 0 aliphatic heterocycles. The molecule has 0 spiro atoms. The average molecular weight is 830 g/mol. The third-order valence-electron chi connectivity index (χ3n) is 13.8. The lowest BCUT2D eigenvalue weighted by Crippen LogP contribution is -2.50. The summed E-state index contributed by atoms with van der Waals surface area (Å²) in [6.07, 6.45) is 0. The maximum Gasteiger partial charge on any atom is 0.136 e. The molecule has 17 heteroatoms. The molecule has 0 saturated carbocycles. The number of benzene rings is 10. The Balaban J connectivity index is 1.36. The zero-order chi connectivity index (χ0) is 48.8. The van der Waals surface area contributed by atoms with Crippen molar-refractivity contribution < 1.29 is 4.42 Å². The molecule has 0 fully saturated rings. The van der Waals surface area contributed by atoms with Crippen LogP contribution >= 0.6 is 0 Å². The molecule has 69 heavy (non-hydrogen) atoms. The van der Waals surface area contributed by atoms with Crippen LogP contribution in [-0.4, -0.2) is 126 Å². The number of fused-ring (bicyclic) bond motifs is 7. The standard InChI is InChI=1S/C52H16B16O/c53-37-29-24(17-8-3-1-4-9-17)30-34(42(58)50(66)46(62)38(30)54)26(33(29)41(57)49(65)45(37)61)19-14-15-22-21(16-19)27-20(12-7-13-23(27)69-22)28-35-31(39(55)47(63)51(67)43(35)59)25(18-10-5-2-6-11-18)32-36(28)44(60)52(68)48(64)40(32)56/h1-16H. The van der Waals surface area contributed by atoms with Crippen molar-refractivity contribution in [3.05, 3.63) is 97.1 Å². The topological polar surface area (TPSA) is 13.1 Å². The molecule has 1 aromatic heterocycles. The van der Waals surface area contributed by atoms with Crippen LogP contribution in [0.1, 0.15) is 0 Å². The first kappa shape index (κ1) is 45.5. The number of furan rings is 1. The lowest BCUT2D eigenvalue weighted by atomic mass is 9.59. The van der Waals surface area contributed by atoms with E-state index in [2.05, 4.69) is 0 Å². The molecule has 11 rings (SSSR count). The molecule has 278 valence electrons. The van der Waals surface area contributed by atoms with E-state index in [-0.39, 0.29) is 87.4 Å². The lowest BCUT2D eigenvalue weighted by Gasteiger charge is -2.29. The molecule has 1 heterocycles. The third kappa shape index (κ3) is 6.27. The van der Waals surface area contributed by atoms with Gasteiger partial charge in [-0.1, -0.05) is 123 Å². The highest BCUT2D eigenvalue weighted by atomic mass is 16.3. The van der Waals surface area contributed by atoms with E-state index < -0.39 is 0 Å². The summed E-state index contributed by atoms with van der Waals surface area (Å²) in [5.74, 6) is 0. The molecule has 11 aromatic rings. The fourth-order valence-electron chi connectivity index (χ4n) is 10.4. The summed E-state index contributed by atoms with van der Waals surface area (Å²) < 4.78 is 6.66. The van der Waals surface area contributed by atoms with E-state index in [1.54, 1.807) is 0 Å². The monoisotopic (exact) mass is 832 g/mol. The normalized spacial score (nSPS) is 11.8. The first-order chi connectivity index (χ1) is 33.0. The van der Waals surface area contributed by atoms with Gasteiger partial charge < -0.3 is 4.42 Å². The van der Waals surface area contributed by atoms with Crippen LogP contribution in [0.2, 0.25) is 0 Å². The minimum absolute atomic E-state index is 0.0762. The Bertz CT molecular complexity index is 3970. The van der Waals surface area contributed by atoms with Crippen LogP contribution in [0.4, 0.5) is 0 Å². The van der Waals surface area contributed by atoms with Crippen molar-refractivity contribution in [3.63, 3.8) is 0 Å². The van der Waals surface area contributed by atoms with E-state index in [1.807, 2.05) is 97.1 Å². The Hall–Kier alpha value is -5.92. The van der Waals surface area contributed by atoms with E-state index >= 15 is 0 Å². The van der Waals surface area contributed by atoms with Crippen LogP contribution in [0.15, 0.2) is 101 Å². The molecule has 1 nitrogen and oxygen atoms in total. The van der Waals surface area contributed by atoms with Gasteiger partial charge >= 0.3 is 0 Å². The van der Waals surface area contributed by atoms with Gasteiger partial charge in [0.1, 0.15) is 137 Å². The molecule has 0 atom stereocenters. The molecule has 0 bridgehead atoms. The Kier molecular flexibility index (Phi) is 10.8. The molecule has 0 amide bonds. The van der Waals surface area contributed by atoms with E-state index in [1.165, 1.54) is 0 Å². The van der Waals surface area contributed by atoms with Crippen molar-refractivity contribution >= 4 is 278 Å². The zero-order valence-electron chi connectivity index (χ0n) is 36.9. The maximum atomic E-state index is 7.12. The van der Waals surface area contributed by atoms with Crippen LogP contribution in [0.3, 0.4) is 0 Å². The molecule has 0 unspecified atom stereocenters. The predicted molar refractivity (Wildman–Crippen MR) is 312 cm³/mol. The van der Waals surface area contributed by atoms with E-state index in [0.717, 1.165) is 11.1 Å². The number of hydrogen-bond acceptors (Lipinski definition) is 1. The molecule has 0 aliphatic rings. The van der Waals surface area contributed by atoms with Crippen molar-refractivity contribution in [3.8, 4) is 44.5 Å². The SMILES string of the molecule is [B]c1c([B])c([B])c2c(-c3ccc4oc5cccc(-c6c7c([B])c([B])c([B])c([B])c7c(-c7ccccc7)c7c([B])c([B])c([B])c([B])c67)c5c4c3)c3c([B])c([B])c([B])c([B])c3c(-c3ccccc3)c2c1[B]. The summed E-state index contributed by atoms with van der Waals surface area (Å²) in [5, 5.41) is 4.96. The highest BCUT2D eigenvalue weighted by Gasteiger charge is 2.28. The van der Waals surface area contributed by atoms with E-state index in [4.69, 9.17) is 130 Å². The summed E-state index contributed by atoms with van der Waals surface area (Å²) in [4.78, 5) is 0. The Morgan fingerprint density at radius 1 is 0.232 bits per heavy atom. The molecule has 0 aliphatic carbocycles. The zero-order valence-corrected chi connectivity index (χ0v) is 36.9. The molecular weight excluding hydrogens is 814 g/mol.